The second kappa shape index (κ2) is 10.1. The lowest BCUT2D eigenvalue weighted by molar-refractivity contribution is -0.0907. The van der Waals surface area contributed by atoms with E-state index in [9.17, 15) is 4.79 Å². The van der Waals surface area contributed by atoms with E-state index in [2.05, 4.69) is 23.5 Å². The first-order valence-corrected chi connectivity index (χ1v) is 11.4. The van der Waals surface area contributed by atoms with Gasteiger partial charge in [-0.2, -0.15) is 0 Å². The number of fused-ring (bicyclic) bond motifs is 2. The van der Waals surface area contributed by atoms with E-state index >= 15 is 0 Å². The van der Waals surface area contributed by atoms with Crippen molar-refractivity contribution in [3.05, 3.63) is 18.2 Å². The van der Waals surface area contributed by atoms with Gasteiger partial charge >= 0.3 is 6.09 Å². The van der Waals surface area contributed by atoms with Gasteiger partial charge in [-0.25, -0.2) is 9.10 Å². The van der Waals surface area contributed by atoms with Gasteiger partial charge < -0.3 is 29.0 Å². The summed E-state index contributed by atoms with van der Waals surface area (Å²) >= 11 is 1.70. The van der Waals surface area contributed by atoms with E-state index in [0.29, 0.717) is 25.7 Å². The minimum Gasteiger partial charge on any atom is -0.454 e. The highest BCUT2D eigenvalue weighted by Gasteiger charge is 2.43. The normalized spacial score (nSPS) is 24.5. The van der Waals surface area contributed by atoms with Gasteiger partial charge in [-0.15, -0.1) is 0 Å². The minimum atomic E-state index is -0.380. The zero-order valence-electron chi connectivity index (χ0n) is 17.5. The molecule has 3 aliphatic rings. The molecule has 0 spiro atoms. The molecule has 2 saturated heterocycles. The predicted molar refractivity (Wildman–Crippen MR) is 112 cm³/mol. The van der Waals surface area contributed by atoms with Crippen molar-refractivity contribution in [2.75, 3.05) is 39.6 Å². The summed E-state index contributed by atoms with van der Waals surface area (Å²) in [5.74, 6) is 2.28. The lowest BCUT2D eigenvalue weighted by Crippen LogP contribution is -2.34. The van der Waals surface area contributed by atoms with Crippen LogP contribution in [-0.2, 0) is 14.2 Å². The Balaban J connectivity index is 1.19. The van der Waals surface area contributed by atoms with Gasteiger partial charge in [0, 0.05) is 24.5 Å². The van der Waals surface area contributed by atoms with Crippen molar-refractivity contribution in [1.29, 1.82) is 0 Å². The monoisotopic (exact) mass is 438 g/mol. The molecule has 30 heavy (non-hydrogen) atoms. The zero-order valence-corrected chi connectivity index (χ0v) is 18.3. The topological polar surface area (TPSA) is 78.5 Å². The molecule has 3 aliphatic heterocycles. The fourth-order valence-corrected chi connectivity index (χ4v) is 5.02. The Labute approximate surface area is 181 Å². The maximum Gasteiger partial charge on any atom is 0.407 e. The fourth-order valence-electron chi connectivity index (χ4n) is 3.84. The summed E-state index contributed by atoms with van der Waals surface area (Å²) in [4.78, 5) is 13.2. The van der Waals surface area contributed by atoms with Crippen LogP contribution >= 0.6 is 11.9 Å². The first-order valence-electron chi connectivity index (χ1n) is 10.6. The van der Waals surface area contributed by atoms with Crippen molar-refractivity contribution < 1.29 is 28.5 Å². The summed E-state index contributed by atoms with van der Waals surface area (Å²) in [6.45, 7) is 8.13. The first-order chi connectivity index (χ1) is 14.6. The molecular formula is C21H30N2O6S. The third-order valence-corrected chi connectivity index (χ3v) is 6.30. The third kappa shape index (κ3) is 5.51. The minimum absolute atomic E-state index is 0.162. The van der Waals surface area contributed by atoms with E-state index in [1.807, 2.05) is 18.2 Å². The van der Waals surface area contributed by atoms with Gasteiger partial charge in [0.05, 0.1) is 19.1 Å². The Morgan fingerprint density at radius 3 is 3.03 bits per heavy atom. The van der Waals surface area contributed by atoms with Crippen molar-refractivity contribution in [2.45, 2.75) is 44.0 Å². The molecule has 4 rings (SSSR count). The van der Waals surface area contributed by atoms with Gasteiger partial charge in [0.25, 0.3) is 0 Å². The maximum absolute atomic E-state index is 12.1. The zero-order chi connectivity index (χ0) is 20.9. The quantitative estimate of drug-likeness (QED) is 0.465. The second-order valence-electron chi connectivity index (χ2n) is 8.14. The highest BCUT2D eigenvalue weighted by Crippen LogP contribution is 2.37. The number of hydrogen-bond acceptors (Lipinski definition) is 8. The molecule has 9 heteroatoms. The molecule has 3 atom stereocenters. The highest BCUT2D eigenvalue weighted by molar-refractivity contribution is 7.97. The van der Waals surface area contributed by atoms with E-state index < -0.39 is 0 Å². The molecular weight excluding hydrogens is 408 g/mol. The molecule has 8 nitrogen and oxygen atoms in total. The van der Waals surface area contributed by atoms with Crippen molar-refractivity contribution in [1.82, 2.24) is 9.62 Å². The van der Waals surface area contributed by atoms with Gasteiger partial charge in [-0.3, -0.25) is 0 Å². The Bertz CT molecular complexity index is 733. The Kier molecular flexibility index (Phi) is 7.24. The van der Waals surface area contributed by atoms with Crippen LogP contribution in [0.15, 0.2) is 23.1 Å². The SMILES string of the molecule is CC(C)CN(CCCNC(=O)OC1CO[C@H]2OCC[C@@H]12)Sc1ccc2c(c1)OCO2. The summed E-state index contributed by atoms with van der Waals surface area (Å²) in [6, 6.07) is 6.01. The van der Waals surface area contributed by atoms with Gasteiger partial charge in [-0.1, -0.05) is 13.8 Å². The summed E-state index contributed by atoms with van der Waals surface area (Å²) in [7, 11) is 0. The number of nitrogens with one attached hydrogen (secondary N) is 1. The molecule has 1 N–H and O–H groups in total. The van der Waals surface area contributed by atoms with Crippen LogP contribution in [0.3, 0.4) is 0 Å². The van der Waals surface area contributed by atoms with Crippen LogP contribution < -0.4 is 14.8 Å². The first kappa shape index (κ1) is 21.5. The van der Waals surface area contributed by atoms with Crippen molar-refractivity contribution in [2.24, 2.45) is 11.8 Å². The highest BCUT2D eigenvalue weighted by atomic mass is 32.2. The van der Waals surface area contributed by atoms with E-state index in [1.165, 1.54) is 0 Å². The number of rotatable bonds is 9. The third-order valence-electron chi connectivity index (χ3n) is 5.24. The molecule has 1 amide bonds. The number of hydrogen-bond donors (Lipinski definition) is 1. The number of ether oxygens (including phenoxy) is 5. The number of carbonyl (C=O) groups excluding carboxylic acids is 1. The van der Waals surface area contributed by atoms with Crippen LogP contribution in [0.1, 0.15) is 26.7 Å². The predicted octanol–water partition coefficient (Wildman–Crippen LogP) is 3.26. The van der Waals surface area contributed by atoms with Crippen molar-refractivity contribution in [3.63, 3.8) is 0 Å². The Hall–Kier alpha value is -1.68. The number of nitrogens with zero attached hydrogens (tertiary/aromatic N) is 1. The van der Waals surface area contributed by atoms with Crippen LogP contribution in [0.5, 0.6) is 11.5 Å². The molecule has 1 aromatic carbocycles. The van der Waals surface area contributed by atoms with E-state index in [0.717, 1.165) is 42.3 Å². The molecule has 1 unspecified atom stereocenters. The molecule has 0 aliphatic carbocycles. The average molecular weight is 439 g/mol. The van der Waals surface area contributed by atoms with E-state index in [-0.39, 0.29) is 31.2 Å². The molecule has 0 saturated carbocycles. The van der Waals surface area contributed by atoms with E-state index in [4.69, 9.17) is 23.7 Å². The summed E-state index contributed by atoms with van der Waals surface area (Å²) in [5.41, 5.74) is 0. The second-order valence-corrected chi connectivity index (χ2v) is 9.31. The molecule has 1 aromatic rings. The lowest BCUT2D eigenvalue weighted by Gasteiger charge is -2.23. The van der Waals surface area contributed by atoms with Crippen LogP contribution in [0, 0.1) is 11.8 Å². The fraction of sp³-hybridized carbons (Fsp3) is 0.667. The summed E-state index contributed by atoms with van der Waals surface area (Å²) in [6.07, 6.45) is 0.909. The Morgan fingerprint density at radius 1 is 1.30 bits per heavy atom. The van der Waals surface area contributed by atoms with Gasteiger partial charge in [0.2, 0.25) is 6.79 Å². The standard InChI is InChI=1S/C21H30N2O6S/c1-14(2)11-23(30-15-4-5-17-18(10-15)28-13-27-17)8-3-7-22-21(24)29-19-12-26-20-16(19)6-9-25-20/h4-5,10,14,16,19-20H,3,6-9,11-13H2,1-2H3,(H,22,24)/t16-,19?,20+/m0/s1. The maximum atomic E-state index is 12.1. The van der Waals surface area contributed by atoms with Crippen LogP contribution in [0.25, 0.3) is 0 Å². The van der Waals surface area contributed by atoms with Gasteiger partial charge in [-0.05, 0) is 48.9 Å². The number of amides is 1. The Morgan fingerprint density at radius 2 is 2.17 bits per heavy atom. The molecule has 2 fully saturated rings. The summed E-state index contributed by atoms with van der Waals surface area (Å²) in [5, 5.41) is 2.87. The number of benzene rings is 1. The van der Waals surface area contributed by atoms with Gasteiger partial charge in [0.15, 0.2) is 17.8 Å². The van der Waals surface area contributed by atoms with E-state index in [1.54, 1.807) is 11.9 Å². The van der Waals surface area contributed by atoms with Crippen LogP contribution in [0.4, 0.5) is 4.79 Å². The van der Waals surface area contributed by atoms with Crippen molar-refractivity contribution in [3.8, 4) is 11.5 Å². The molecule has 0 aromatic heterocycles. The molecule has 166 valence electrons. The number of alkyl carbamates (subject to hydrolysis) is 1. The summed E-state index contributed by atoms with van der Waals surface area (Å²) < 4.78 is 29.7. The average Bonchev–Trinajstić information content (AvgIpc) is 3.42. The smallest absolute Gasteiger partial charge is 0.407 e. The molecule has 3 heterocycles. The molecule has 0 bridgehead atoms. The lowest BCUT2D eigenvalue weighted by atomic mass is 10.0. The number of carbonyl (C=O) groups is 1. The van der Waals surface area contributed by atoms with Gasteiger partial charge in [0.1, 0.15) is 6.10 Å². The largest absolute Gasteiger partial charge is 0.454 e. The molecule has 0 radical (unpaired) electrons. The van der Waals surface area contributed by atoms with Crippen LogP contribution in [-0.4, -0.2) is 62.4 Å². The van der Waals surface area contributed by atoms with Crippen LogP contribution in [0.2, 0.25) is 0 Å². The van der Waals surface area contributed by atoms with Crippen molar-refractivity contribution >= 4 is 18.0 Å².